The Balaban J connectivity index is 1.70. The van der Waals surface area contributed by atoms with Gasteiger partial charge in [-0.15, -0.1) is 0 Å². The number of para-hydroxylation sites is 1. The van der Waals surface area contributed by atoms with E-state index in [0.29, 0.717) is 24.3 Å². The van der Waals surface area contributed by atoms with Crippen molar-refractivity contribution in [1.29, 1.82) is 0 Å². The molecule has 0 radical (unpaired) electrons. The molecule has 0 unspecified atom stereocenters. The van der Waals surface area contributed by atoms with E-state index in [2.05, 4.69) is 0 Å². The van der Waals surface area contributed by atoms with E-state index in [4.69, 9.17) is 23.7 Å². The Labute approximate surface area is 283 Å². The molecule has 1 heterocycles. The molecule has 0 saturated carbocycles. The van der Waals surface area contributed by atoms with Crippen molar-refractivity contribution in [3.8, 4) is 11.5 Å². The van der Waals surface area contributed by atoms with Crippen LogP contribution in [0.25, 0.3) is 0 Å². The van der Waals surface area contributed by atoms with E-state index >= 15 is 0 Å². The maximum Gasteiger partial charge on any atom is 0.379 e. The number of carbonyl (C=O) groups is 5. The summed E-state index contributed by atoms with van der Waals surface area (Å²) in [5.74, 6) is -9.37. The van der Waals surface area contributed by atoms with Gasteiger partial charge in [-0.3, -0.25) is 9.59 Å². The number of hydrogen-bond acceptors (Lipinski definition) is 10. The molecule has 1 fully saturated rings. The van der Waals surface area contributed by atoms with Gasteiger partial charge in [0.15, 0.2) is 12.2 Å². The summed E-state index contributed by atoms with van der Waals surface area (Å²) in [6, 6.07) is 25.0. The first-order chi connectivity index (χ1) is 23.5. The minimum atomic E-state index is -3.02. The normalized spacial score (nSPS) is 17.7. The minimum absolute atomic E-state index is 0.233. The Morgan fingerprint density at radius 1 is 0.776 bits per heavy atom. The molecule has 3 aromatic rings. The predicted molar refractivity (Wildman–Crippen MR) is 173 cm³/mol. The summed E-state index contributed by atoms with van der Waals surface area (Å²) in [6.07, 6.45) is -3.28. The minimum Gasteiger partial charge on any atom is -0.480 e. The van der Waals surface area contributed by atoms with Crippen molar-refractivity contribution in [2.75, 3.05) is 19.8 Å². The summed E-state index contributed by atoms with van der Waals surface area (Å²) in [6.45, 7) is 3.20. The Morgan fingerprint density at radius 2 is 1.31 bits per heavy atom. The van der Waals surface area contributed by atoms with Crippen LogP contribution < -0.4 is 4.74 Å². The zero-order valence-electron chi connectivity index (χ0n) is 27.4. The Morgan fingerprint density at radius 3 is 1.84 bits per heavy atom. The van der Waals surface area contributed by atoms with Gasteiger partial charge in [-0.2, -0.15) is 0 Å². The lowest BCUT2D eigenvalue weighted by molar-refractivity contribution is -0.227. The zero-order valence-corrected chi connectivity index (χ0v) is 27.4. The number of carboxylic acid groups (broad SMARTS) is 2. The number of ether oxygens (including phenoxy) is 5. The fourth-order valence-corrected chi connectivity index (χ4v) is 5.61. The molecule has 1 amide bonds. The molecule has 13 heteroatoms. The average molecular weight is 678 g/mol. The number of aliphatic carboxylic acids is 2. The van der Waals surface area contributed by atoms with E-state index in [1.54, 1.807) is 19.1 Å². The smallest absolute Gasteiger partial charge is 0.379 e. The average Bonchev–Trinajstić information content (AvgIpc) is 3.52. The lowest BCUT2D eigenvalue weighted by Crippen LogP contribution is -2.53. The van der Waals surface area contributed by atoms with Crippen LogP contribution in [-0.2, 0) is 49.3 Å². The third-order valence-corrected chi connectivity index (χ3v) is 7.97. The fraction of sp³-hybridized carbons (Fsp3) is 0.361. The summed E-state index contributed by atoms with van der Waals surface area (Å²) < 4.78 is 26.7. The number of carbonyl (C=O) groups excluding carboxylic acids is 3. The van der Waals surface area contributed by atoms with Gasteiger partial charge >= 0.3 is 29.7 Å². The second-order valence-electron chi connectivity index (χ2n) is 11.2. The molecule has 1 aliphatic rings. The van der Waals surface area contributed by atoms with Crippen LogP contribution >= 0.6 is 0 Å². The van der Waals surface area contributed by atoms with Crippen LogP contribution in [-0.4, -0.2) is 88.7 Å². The third-order valence-electron chi connectivity index (χ3n) is 7.97. The molecule has 4 rings (SSSR count). The zero-order chi connectivity index (χ0) is 35.6. The summed E-state index contributed by atoms with van der Waals surface area (Å²) in [7, 11) is 0. The van der Waals surface area contributed by atoms with Gasteiger partial charge in [0, 0.05) is 12.0 Å². The first-order valence-corrected chi connectivity index (χ1v) is 15.8. The monoisotopic (exact) mass is 677 g/mol. The van der Waals surface area contributed by atoms with Crippen molar-refractivity contribution in [3.05, 3.63) is 96.1 Å². The van der Waals surface area contributed by atoms with Crippen LogP contribution in [0.15, 0.2) is 84.9 Å². The van der Waals surface area contributed by atoms with E-state index < -0.39 is 66.3 Å². The topological polar surface area (TPSA) is 175 Å². The molecule has 1 aliphatic heterocycles. The maximum absolute atomic E-state index is 14.2. The number of aryl methyl sites for hydroxylation is 1. The second-order valence-corrected chi connectivity index (χ2v) is 11.2. The molecule has 3 aromatic carbocycles. The highest BCUT2D eigenvalue weighted by molar-refractivity contribution is 6.04. The Hall–Kier alpha value is -5.27. The predicted octanol–water partition coefficient (Wildman–Crippen LogP) is 4.19. The number of esters is 2. The molecule has 0 bridgehead atoms. The standard InChI is InChI=1S/C36H39NO12/c1-4-45-34(43)36(35(44)46-5-2)48-30(31(49-36)33(41)42)32(40)37(22-29(38)39)23(3)28(21-16-24-12-8-6-9-13-24)25-17-19-27(20-18-25)47-26-14-10-7-11-15-26/h6-15,17-20,23,28,30-31H,4-5,16,21-22H2,1-3H3,(H,38,39)(H,41,42)/t23-,28+,30-,31-/m1/s1. The second kappa shape index (κ2) is 16.7. The van der Waals surface area contributed by atoms with Crippen LogP contribution in [0.2, 0.25) is 0 Å². The quantitative estimate of drug-likeness (QED) is 0.164. The number of hydrogen-bond donors (Lipinski definition) is 2. The van der Waals surface area contributed by atoms with Crippen molar-refractivity contribution in [3.63, 3.8) is 0 Å². The molecule has 0 spiro atoms. The molecule has 13 nitrogen and oxygen atoms in total. The summed E-state index contributed by atoms with van der Waals surface area (Å²) >= 11 is 0. The molecular formula is C36H39NO12. The van der Waals surface area contributed by atoms with Crippen LogP contribution in [0.4, 0.5) is 0 Å². The molecule has 0 aliphatic carbocycles. The van der Waals surface area contributed by atoms with Gasteiger partial charge in [0.25, 0.3) is 5.91 Å². The maximum atomic E-state index is 14.2. The lowest BCUT2D eigenvalue weighted by atomic mass is 9.85. The van der Waals surface area contributed by atoms with E-state index in [9.17, 15) is 34.2 Å². The SMILES string of the molecule is CCOC(=O)C1(C(=O)OCC)O[C@@H](C(=O)O)[C@H](C(=O)N(CC(=O)O)[C@H](C)[C@H](CCc2ccccc2)c2ccc(Oc3ccccc3)cc2)O1. The van der Waals surface area contributed by atoms with Gasteiger partial charge in [-0.25, -0.2) is 14.4 Å². The molecule has 4 atom stereocenters. The van der Waals surface area contributed by atoms with Crippen LogP contribution in [0.1, 0.15) is 44.2 Å². The number of nitrogens with zero attached hydrogens (tertiary/aromatic N) is 1. The van der Waals surface area contributed by atoms with Gasteiger partial charge < -0.3 is 38.8 Å². The number of benzene rings is 3. The third kappa shape index (κ3) is 8.80. The molecular weight excluding hydrogens is 638 g/mol. The van der Waals surface area contributed by atoms with E-state index in [-0.39, 0.29) is 13.2 Å². The van der Waals surface area contributed by atoms with Crippen LogP contribution in [0.5, 0.6) is 11.5 Å². The molecule has 1 saturated heterocycles. The van der Waals surface area contributed by atoms with Crippen molar-refractivity contribution in [2.24, 2.45) is 0 Å². The van der Waals surface area contributed by atoms with Gasteiger partial charge in [-0.05, 0) is 69.0 Å². The highest BCUT2D eigenvalue weighted by Crippen LogP contribution is 2.36. The highest BCUT2D eigenvalue weighted by Gasteiger charge is 2.65. The first kappa shape index (κ1) is 36.6. The molecule has 260 valence electrons. The van der Waals surface area contributed by atoms with Gasteiger partial charge in [0.1, 0.15) is 18.0 Å². The van der Waals surface area contributed by atoms with Gasteiger partial charge in [-0.1, -0.05) is 60.7 Å². The largest absolute Gasteiger partial charge is 0.480 e. The number of rotatable bonds is 16. The summed E-state index contributed by atoms with van der Waals surface area (Å²) in [5, 5.41) is 19.9. The molecule has 2 N–H and O–H groups in total. The van der Waals surface area contributed by atoms with Crippen molar-refractivity contribution in [1.82, 2.24) is 4.90 Å². The Kier molecular flexibility index (Phi) is 12.5. The van der Waals surface area contributed by atoms with Crippen LogP contribution in [0.3, 0.4) is 0 Å². The number of carboxylic acids is 2. The summed E-state index contributed by atoms with van der Waals surface area (Å²) in [4.78, 5) is 65.6. The highest BCUT2D eigenvalue weighted by atomic mass is 16.8. The van der Waals surface area contributed by atoms with Crippen LogP contribution in [0, 0.1) is 0 Å². The van der Waals surface area contributed by atoms with Crippen molar-refractivity contribution < 1.29 is 57.9 Å². The molecule has 49 heavy (non-hydrogen) atoms. The first-order valence-electron chi connectivity index (χ1n) is 15.8. The van der Waals surface area contributed by atoms with Gasteiger partial charge in [0.05, 0.1) is 13.2 Å². The number of amides is 1. The fourth-order valence-electron chi connectivity index (χ4n) is 5.61. The van der Waals surface area contributed by atoms with Crippen molar-refractivity contribution >= 4 is 29.8 Å². The summed E-state index contributed by atoms with van der Waals surface area (Å²) in [5.41, 5.74) is 1.75. The lowest BCUT2D eigenvalue weighted by Gasteiger charge is -2.36. The van der Waals surface area contributed by atoms with Crippen molar-refractivity contribution in [2.45, 2.75) is 63.6 Å². The van der Waals surface area contributed by atoms with E-state index in [1.807, 2.05) is 72.8 Å². The van der Waals surface area contributed by atoms with Gasteiger partial charge in [0.2, 0.25) is 0 Å². The van der Waals surface area contributed by atoms with E-state index in [1.165, 1.54) is 13.8 Å². The van der Waals surface area contributed by atoms with E-state index in [0.717, 1.165) is 16.0 Å². The molecule has 0 aromatic heterocycles. The Bertz CT molecular complexity index is 1580.